The molecule has 4 atom stereocenters. The molecule has 4 rings (SSSR count). The fraction of sp³-hybridized carbons (Fsp3) is 0.440. The highest BCUT2D eigenvalue weighted by molar-refractivity contribution is 7.80. The van der Waals surface area contributed by atoms with E-state index in [0.717, 1.165) is 25.0 Å². The van der Waals surface area contributed by atoms with E-state index in [1.807, 2.05) is 0 Å². The minimum absolute atomic E-state index is 0.0113. The minimum atomic E-state index is -1.36. The Morgan fingerprint density at radius 2 is 2.00 bits per heavy atom. The maximum absolute atomic E-state index is 15.2. The lowest BCUT2D eigenvalue weighted by Gasteiger charge is -2.49. The number of ether oxygens (including phenoxy) is 2. The van der Waals surface area contributed by atoms with Crippen molar-refractivity contribution in [3.05, 3.63) is 71.3 Å². The number of amides is 1. The van der Waals surface area contributed by atoms with Crippen LogP contribution in [0, 0.1) is 23.5 Å². The van der Waals surface area contributed by atoms with E-state index < -0.39 is 35.1 Å². The molecule has 0 bridgehead atoms. The summed E-state index contributed by atoms with van der Waals surface area (Å²) in [6.07, 6.45) is 1.42. The van der Waals surface area contributed by atoms with Crippen LogP contribution in [0.5, 0.6) is 0 Å². The summed E-state index contributed by atoms with van der Waals surface area (Å²) in [5.41, 5.74) is -0.861. The maximum Gasteiger partial charge on any atom is 0.257 e. The van der Waals surface area contributed by atoms with Crippen molar-refractivity contribution in [3.63, 3.8) is 0 Å². The Labute approximate surface area is 202 Å². The Morgan fingerprint density at radius 1 is 1.26 bits per heavy atom. The molecule has 1 amide bonds. The molecule has 2 fully saturated rings. The third-order valence-corrected chi connectivity index (χ3v) is 6.81. The summed E-state index contributed by atoms with van der Waals surface area (Å²) in [6, 6.07) is 11.8. The predicted octanol–water partition coefficient (Wildman–Crippen LogP) is 3.29. The van der Waals surface area contributed by atoms with Crippen LogP contribution in [-0.4, -0.2) is 48.7 Å². The first-order valence-corrected chi connectivity index (χ1v) is 11.7. The van der Waals surface area contributed by atoms with E-state index in [2.05, 4.69) is 10.6 Å². The average Bonchev–Trinajstić information content (AvgIpc) is 3.65. The number of hydrogen-bond donors (Lipinski definition) is 3. The Hall–Kier alpha value is -2.46. The van der Waals surface area contributed by atoms with Gasteiger partial charge in [0.2, 0.25) is 0 Å². The second kappa shape index (κ2) is 10.4. The molecule has 9 heteroatoms. The van der Waals surface area contributed by atoms with Crippen LogP contribution in [0.2, 0.25) is 0 Å². The number of thiocarbonyl (C=S) groups is 1. The van der Waals surface area contributed by atoms with E-state index in [-0.39, 0.29) is 30.0 Å². The second-order valence-corrected chi connectivity index (χ2v) is 9.33. The summed E-state index contributed by atoms with van der Waals surface area (Å²) in [5.74, 6) is -2.16. The van der Waals surface area contributed by atoms with Gasteiger partial charge in [-0.3, -0.25) is 10.1 Å². The van der Waals surface area contributed by atoms with Crippen LogP contribution in [0.3, 0.4) is 0 Å². The van der Waals surface area contributed by atoms with Crippen molar-refractivity contribution in [2.24, 2.45) is 11.8 Å². The van der Waals surface area contributed by atoms with Crippen LogP contribution in [-0.2, 0) is 15.0 Å². The molecular formula is C25H28F2N2O4S. The van der Waals surface area contributed by atoms with Crippen LogP contribution in [0.4, 0.5) is 8.78 Å². The van der Waals surface area contributed by atoms with Crippen molar-refractivity contribution in [1.29, 1.82) is 0 Å². The van der Waals surface area contributed by atoms with Crippen LogP contribution < -0.4 is 10.6 Å². The molecule has 182 valence electrons. The minimum Gasteiger partial charge on any atom is -0.390 e. The van der Waals surface area contributed by atoms with Crippen LogP contribution >= 0.6 is 12.2 Å². The highest BCUT2D eigenvalue weighted by Crippen LogP contribution is 2.47. The number of aliphatic hydroxyl groups excluding tert-OH is 1. The lowest BCUT2D eigenvalue weighted by molar-refractivity contribution is -0.121. The van der Waals surface area contributed by atoms with E-state index in [0.29, 0.717) is 17.9 Å². The van der Waals surface area contributed by atoms with Gasteiger partial charge in [-0.2, -0.15) is 0 Å². The average molecular weight is 491 g/mol. The van der Waals surface area contributed by atoms with Crippen LogP contribution in [0.25, 0.3) is 0 Å². The number of methoxy groups -OCH3 is 1. The van der Waals surface area contributed by atoms with E-state index in [1.54, 1.807) is 30.3 Å². The van der Waals surface area contributed by atoms with Gasteiger partial charge in [-0.25, -0.2) is 8.78 Å². The van der Waals surface area contributed by atoms with Gasteiger partial charge in [0.05, 0.1) is 31.0 Å². The Bertz CT molecular complexity index is 1040. The van der Waals surface area contributed by atoms with E-state index in [4.69, 9.17) is 21.7 Å². The molecule has 1 saturated heterocycles. The zero-order valence-electron chi connectivity index (χ0n) is 18.8. The fourth-order valence-electron chi connectivity index (χ4n) is 4.76. The molecule has 2 aromatic rings. The molecule has 1 heterocycles. The number of hydrogen-bond acceptors (Lipinski definition) is 5. The first-order valence-electron chi connectivity index (χ1n) is 11.3. The molecule has 1 aliphatic carbocycles. The maximum atomic E-state index is 15.2. The van der Waals surface area contributed by atoms with Crippen molar-refractivity contribution in [3.8, 4) is 0 Å². The quantitative estimate of drug-likeness (QED) is 0.517. The van der Waals surface area contributed by atoms with Crippen molar-refractivity contribution in [2.75, 3.05) is 20.3 Å². The number of benzene rings is 2. The van der Waals surface area contributed by atoms with E-state index in [1.165, 1.54) is 13.2 Å². The van der Waals surface area contributed by atoms with Gasteiger partial charge >= 0.3 is 0 Å². The summed E-state index contributed by atoms with van der Waals surface area (Å²) in [7, 11) is 1.47. The molecule has 2 aliphatic rings. The van der Waals surface area contributed by atoms with Gasteiger partial charge < -0.3 is 19.9 Å². The Balaban J connectivity index is 1.68. The van der Waals surface area contributed by atoms with Gasteiger partial charge in [0.1, 0.15) is 11.6 Å². The summed E-state index contributed by atoms with van der Waals surface area (Å²) in [6.45, 7) is -0.0130. The monoisotopic (exact) mass is 490 g/mol. The summed E-state index contributed by atoms with van der Waals surface area (Å²) in [4.78, 5) is 12.7. The lowest BCUT2D eigenvalue weighted by atomic mass is 9.70. The van der Waals surface area contributed by atoms with Crippen LogP contribution in [0.1, 0.15) is 35.2 Å². The van der Waals surface area contributed by atoms with Gasteiger partial charge in [-0.05, 0) is 55.6 Å². The molecule has 0 spiro atoms. The fourth-order valence-corrected chi connectivity index (χ4v) is 5.03. The largest absolute Gasteiger partial charge is 0.390 e. The number of carbonyl (C=O) groups is 1. The Morgan fingerprint density at radius 3 is 2.65 bits per heavy atom. The van der Waals surface area contributed by atoms with Gasteiger partial charge in [0.25, 0.3) is 5.91 Å². The van der Waals surface area contributed by atoms with E-state index in [9.17, 15) is 14.3 Å². The number of carbonyl (C=O) groups excluding carboxylic acids is 1. The highest BCUT2D eigenvalue weighted by atomic mass is 32.1. The zero-order chi connectivity index (χ0) is 24.3. The van der Waals surface area contributed by atoms with Crippen molar-refractivity contribution in [2.45, 2.75) is 37.0 Å². The zero-order valence-corrected chi connectivity index (χ0v) is 19.6. The van der Waals surface area contributed by atoms with Crippen molar-refractivity contribution >= 4 is 23.2 Å². The molecule has 1 saturated carbocycles. The molecule has 1 aliphatic heterocycles. The van der Waals surface area contributed by atoms with E-state index >= 15 is 4.39 Å². The predicted molar refractivity (Wildman–Crippen MR) is 126 cm³/mol. The first-order chi connectivity index (χ1) is 16.3. The molecule has 0 aromatic heterocycles. The normalized spacial score (nSPS) is 25.4. The van der Waals surface area contributed by atoms with Gasteiger partial charge in [0, 0.05) is 30.2 Å². The summed E-state index contributed by atoms with van der Waals surface area (Å²) >= 11 is 5.44. The Kier molecular flexibility index (Phi) is 7.57. The van der Waals surface area contributed by atoms with Crippen molar-refractivity contribution < 1.29 is 28.2 Å². The van der Waals surface area contributed by atoms with Crippen molar-refractivity contribution in [1.82, 2.24) is 10.6 Å². The standard InChI is InChI=1S/C25H28F2N2O4S/c1-32-13-21(30)19-12-22(15-7-8-15)33-14-25(19,18-10-9-17(26)11-20(18)27)29-24(34)28-23(31)16-5-3-2-4-6-16/h2-6,9-11,15,19,21-22,30H,7-8,12-14H2,1H3,(H2,28,29,31,34). The van der Waals surface area contributed by atoms with Gasteiger partial charge in [-0.1, -0.05) is 24.3 Å². The third-order valence-electron chi connectivity index (χ3n) is 6.61. The number of aliphatic hydroxyl groups is 1. The first kappa shape index (κ1) is 24.7. The molecule has 4 unspecified atom stereocenters. The molecule has 0 radical (unpaired) electrons. The molecule has 3 N–H and O–H groups in total. The third kappa shape index (κ3) is 5.27. The van der Waals surface area contributed by atoms with Crippen LogP contribution in [0.15, 0.2) is 48.5 Å². The molecule has 34 heavy (non-hydrogen) atoms. The molecule has 6 nitrogen and oxygen atoms in total. The summed E-state index contributed by atoms with van der Waals surface area (Å²) in [5, 5.41) is 16.7. The smallest absolute Gasteiger partial charge is 0.257 e. The van der Waals surface area contributed by atoms with Gasteiger partial charge in [0.15, 0.2) is 5.11 Å². The topological polar surface area (TPSA) is 79.8 Å². The highest BCUT2D eigenvalue weighted by Gasteiger charge is 2.53. The number of halogens is 2. The van der Waals surface area contributed by atoms with Gasteiger partial charge in [-0.15, -0.1) is 0 Å². The SMILES string of the molecule is COCC(O)C1CC(C2CC2)OCC1(NC(=S)NC(=O)c1ccccc1)c1ccc(F)cc1F. The summed E-state index contributed by atoms with van der Waals surface area (Å²) < 4.78 is 40.3. The molecule has 2 aromatic carbocycles. The number of nitrogens with one attached hydrogen (secondary N) is 2. The number of rotatable bonds is 7. The molecular weight excluding hydrogens is 462 g/mol. The second-order valence-electron chi connectivity index (χ2n) is 8.92. The lowest BCUT2D eigenvalue weighted by Crippen LogP contribution is -2.63.